The van der Waals surface area contributed by atoms with E-state index in [1.165, 1.54) is 0 Å². The van der Waals surface area contributed by atoms with E-state index in [9.17, 15) is 10.1 Å². The minimum Gasteiger partial charge on any atom is -0.310 e. The Morgan fingerprint density at radius 3 is 2.88 bits per heavy atom. The van der Waals surface area contributed by atoms with Crippen molar-refractivity contribution in [2.45, 2.75) is 25.3 Å². The summed E-state index contributed by atoms with van der Waals surface area (Å²) in [5, 5.41) is 14.3. The van der Waals surface area contributed by atoms with E-state index in [2.05, 4.69) is 21.2 Å². The molecular weight excluding hydrogens is 272 g/mol. The van der Waals surface area contributed by atoms with Crippen LogP contribution in [0.3, 0.4) is 0 Å². The average molecular weight is 285 g/mol. The molecule has 0 aromatic heterocycles. The standard InChI is InChI=1S/C11H13BrN2O2/c12-8-4-5-9(11(7-8)14(15)16)10-3-1-2-6-13-10/h4-5,7,10,13H,1-3,6H2. The van der Waals surface area contributed by atoms with Crippen LogP contribution >= 0.6 is 15.9 Å². The van der Waals surface area contributed by atoms with Crippen LogP contribution in [-0.2, 0) is 0 Å². The number of benzene rings is 1. The van der Waals surface area contributed by atoms with Gasteiger partial charge in [0.1, 0.15) is 0 Å². The van der Waals surface area contributed by atoms with Crippen molar-refractivity contribution in [2.24, 2.45) is 0 Å². The van der Waals surface area contributed by atoms with E-state index in [0.717, 1.165) is 35.8 Å². The number of nitro benzene ring substituents is 1. The molecular formula is C11H13BrN2O2. The van der Waals surface area contributed by atoms with Crippen LogP contribution in [0, 0.1) is 10.1 Å². The molecule has 0 amide bonds. The number of nitrogens with zero attached hydrogens (tertiary/aromatic N) is 1. The summed E-state index contributed by atoms with van der Waals surface area (Å²) in [6.45, 7) is 0.942. The molecule has 1 aliphatic heterocycles. The molecule has 1 aliphatic rings. The Hall–Kier alpha value is -0.940. The first-order valence-electron chi connectivity index (χ1n) is 5.35. The van der Waals surface area contributed by atoms with Gasteiger partial charge in [0.05, 0.1) is 4.92 Å². The van der Waals surface area contributed by atoms with Crippen LogP contribution in [-0.4, -0.2) is 11.5 Å². The highest BCUT2D eigenvalue weighted by Crippen LogP contribution is 2.32. The van der Waals surface area contributed by atoms with Gasteiger partial charge in [-0.2, -0.15) is 0 Å². The molecule has 0 aliphatic carbocycles. The molecule has 1 aromatic carbocycles. The Bertz CT molecular complexity index is 403. The smallest absolute Gasteiger partial charge is 0.275 e. The second-order valence-electron chi connectivity index (χ2n) is 3.96. The van der Waals surface area contributed by atoms with Crippen molar-refractivity contribution in [3.8, 4) is 0 Å². The topological polar surface area (TPSA) is 55.2 Å². The molecule has 1 atom stereocenters. The van der Waals surface area contributed by atoms with Crippen LogP contribution in [0.4, 0.5) is 5.69 Å². The zero-order valence-corrected chi connectivity index (χ0v) is 10.4. The summed E-state index contributed by atoms with van der Waals surface area (Å²) < 4.78 is 0.749. The second-order valence-corrected chi connectivity index (χ2v) is 4.88. The fourth-order valence-corrected chi connectivity index (χ4v) is 2.44. The molecule has 1 aromatic rings. The van der Waals surface area contributed by atoms with Crippen molar-refractivity contribution in [1.82, 2.24) is 5.32 Å². The third-order valence-corrected chi connectivity index (χ3v) is 3.37. The van der Waals surface area contributed by atoms with Crippen LogP contribution in [0.1, 0.15) is 30.9 Å². The predicted molar refractivity (Wildman–Crippen MR) is 65.4 cm³/mol. The summed E-state index contributed by atoms with van der Waals surface area (Å²) in [5.74, 6) is 0. The maximum absolute atomic E-state index is 11.0. The van der Waals surface area contributed by atoms with Crippen molar-refractivity contribution >= 4 is 21.6 Å². The number of piperidine rings is 1. The van der Waals surface area contributed by atoms with Gasteiger partial charge in [-0.1, -0.05) is 22.4 Å². The Morgan fingerprint density at radius 2 is 2.25 bits per heavy atom. The van der Waals surface area contributed by atoms with Crippen molar-refractivity contribution in [1.29, 1.82) is 0 Å². The third kappa shape index (κ3) is 2.41. The van der Waals surface area contributed by atoms with Crippen LogP contribution in [0.15, 0.2) is 22.7 Å². The summed E-state index contributed by atoms with van der Waals surface area (Å²) in [7, 11) is 0. The van der Waals surface area contributed by atoms with E-state index in [1.54, 1.807) is 6.07 Å². The molecule has 0 saturated carbocycles. The Kier molecular flexibility index (Phi) is 3.56. The molecule has 2 rings (SSSR count). The molecule has 0 spiro atoms. The maximum Gasteiger partial charge on any atom is 0.275 e. The first kappa shape index (κ1) is 11.5. The molecule has 1 heterocycles. The van der Waals surface area contributed by atoms with Gasteiger partial charge in [-0.15, -0.1) is 0 Å². The van der Waals surface area contributed by atoms with Gasteiger partial charge in [0.25, 0.3) is 5.69 Å². The van der Waals surface area contributed by atoms with Crippen molar-refractivity contribution in [3.63, 3.8) is 0 Å². The molecule has 1 saturated heterocycles. The van der Waals surface area contributed by atoms with Gasteiger partial charge in [-0.3, -0.25) is 10.1 Å². The zero-order chi connectivity index (χ0) is 11.5. The van der Waals surface area contributed by atoms with E-state index in [1.807, 2.05) is 12.1 Å². The van der Waals surface area contributed by atoms with Gasteiger partial charge in [-0.25, -0.2) is 0 Å². The largest absolute Gasteiger partial charge is 0.310 e. The zero-order valence-electron chi connectivity index (χ0n) is 8.78. The van der Waals surface area contributed by atoms with Crippen LogP contribution < -0.4 is 5.32 Å². The SMILES string of the molecule is O=[N+]([O-])c1cc(Br)ccc1C1CCCCN1. The first-order valence-corrected chi connectivity index (χ1v) is 6.15. The molecule has 5 heteroatoms. The van der Waals surface area contributed by atoms with Gasteiger partial charge in [0.15, 0.2) is 0 Å². The molecule has 86 valence electrons. The quantitative estimate of drug-likeness (QED) is 0.670. The monoisotopic (exact) mass is 284 g/mol. The second kappa shape index (κ2) is 4.93. The number of halogens is 1. The molecule has 1 N–H and O–H groups in total. The highest BCUT2D eigenvalue weighted by Gasteiger charge is 2.23. The molecule has 16 heavy (non-hydrogen) atoms. The van der Waals surface area contributed by atoms with Crippen molar-refractivity contribution in [3.05, 3.63) is 38.3 Å². The van der Waals surface area contributed by atoms with E-state index >= 15 is 0 Å². The number of hydrogen-bond acceptors (Lipinski definition) is 3. The molecule has 0 bridgehead atoms. The Balaban J connectivity index is 2.34. The molecule has 4 nitrogen and oxygen atoms in total. The van der Waals surface area contributed by atoms with Crippen LogP contribution in [0.25, 0.3) is 0 Å². The Morgan fingerprint density at radius 1 is 1.44 bits per heavy atom. The summed E-state index contributed by atoms with van der Waals surface area (Å²) in [6.07, 6.45) is 3.26. The fourth-order valence-electron chi connectivity index (χ4n) is 2.09. The Labute approximate surface area is 102 Å². The van der Waals surface area contributed by atoms with Crippen LogP contribution in [0.2, 0.25) is 0 Å². The molecule has 1 unspecified atom stereocenters. The normalized spacial score (nSPS) is 20.7. The third-order valence-electron chi connectivity index (χ3n) is 2.87. The van der Waals surface area contributed by atoms with E-state index in [4.69, 9.17) is 0 Å². The number of hydrogen-bond donors (Lipinski definition) is 1. The number of nitro groups is 1. The van der Waals surface area contributed by atoms with Gasteiger partial charge in [0, 0.05) is 22.1 Å². The summed E-state index contributed by atoms with van der Waals surface area (Å²) in [4.78, 5) is 10.7. The lowest BCUT2D eigenvalue weighted by Crippen LogP contribution is -2.27. The van der Waals surface area contributed by atoms with E-state index in [0.29, 0.717) is 0 Å². The fraction of sp³-hybridized carbons (Fsp3) is 0.455. The molecule has 0 radical (unpaired) electrons. The first-order chi connectivity index (χ1) is 7.68. The molecule has 1 fully saturated rings. The minimum absolute atomic E-state index is 0.127. The number of rotatable bonds is 2. The van der Waals surface area contributed by atoms with Gasteiger partial charge >= 0.3 is 0 Å². The van der Waals surface area contributed by atoms with Crippen LogP contribution in [0.5, 0.6) is 0 Å². The van der Waals surface area contributed by atoms with Crippen molar-refractivity contribution in [2.75, 3.05) is 6.54 Å². The lowest BCUT2D eigenvalue weighted by Gasteiger charge is -2.23. The minimum atomic E-state index is -0.309. The highest BCUT2D eigenvalue weighted by atomic mass is 79.9. The van der Waals surface area contributed by atoms with Gasteiger partial charge in [-0.05, 0) is 31.5 Å². The average Bonchev–Trinajstić information content (AvgIpc) is 2.30. The van der Waals surface area contributed by atoms with Crippen molar-refractivity contribution < 1.29 is 4.92 Å². The predicted octanol–water partition coefficient (Wildman–Crippen LogP) is 3.17. The summed E-state index contributed by atoms with van der Waals surface area (Å²) in [6, 6.07) is 5.40. The summed E-state index contributed by atoms with van der Waals surface area (Å²) in [5.41, 5.74) is 1.00. The van der Waals surface area contributed by atoms with Gasteiger partial charge < -0.3 is 5.32 Å². The lowest BCUT2D eigenvalue weighted by molar-refractivity contribution is -0.385. The lowest BCUT2D eigenvalue weighted by atomic mass is 9.96. The summed E-state index contributed by atoms with van der Waals surface area (Å²) >= 11 is 3.26. The number of nitrogens with one attached hydrogen (secondary N) is 1. The highest BCUT2D eigenvalue weighted by molar-refractivity contribution is 9.10. The maximum atomic E-state index is 11.0. The van der Waals surface area contributed by atoms with E-state index < -0.39 is 0 Å². The van der Waals surface area contributed by atoms with E-state index in [-0.39, 0.29) is 16.7 Å². The van der Waals surface area contributed by atoms with Gasteiger partial charge in [0.2, 0.25) is 0 Å².